The van der Waals surface area contributed by atoms with E-state index in [1.807, 2.05) is 30.3 Å². The van der Waals surface area contributed by atoms with Crippen molar-refractivity contribution in [2.24, 2.45) is 0 Å². The average molecular weight is 294 g/mol. The third kappa shape index (κ3) is 4.30. The highest BCUT2D eigenvalue weighted by molar-refractivity contribution is 6.30. The van der Waals surface area contributed by atoms with Crippen molar-refractivity contribution in [3.05, 3.63) is 70.5 Å². The minimum atomic E-state index is -0.332. The Morgan fingerprint density at radius 3 is 2.55 bits per heavy atom. The summed E-state index contributed by atoms with van der Waals surface area (Å²) >= 11 is 5.71. The van der Waals surface area contributed by atoms with Crippen LogP contribution in [0.2, 0.25) is 5.02 Å². The fourth-order valence-corrected chi connectivity index (χ4v) is 2.18. The van der Waals surface area contributed by atoms with E-state index >= 15 is 0 Å². The van der Waals surface area contributed by atoms with Crippen LogP contribution >= 0.6 is 11.6 Å². The van der Waals surface area contributed by atoms with E-state index in [1.54, 1.807) is 12.1 Å². The molecule has 2 nitrogen and oxygen atoms in total. The summed E-state index contributed by atoms with van der Waals surface area (Å²) in [5.41, 5.74) is 1.68. The van der Waals surface area contributed by atoms with Crippen LogP contribution in [0.3, 0.4) is 0 Å². The second-order valence-corrected chi connectivity index (χ2v) is 5.12. The first-order chi connectivity index (χ1) is 9.69. The number of hydrogen-bond acceptors (Lipinski definition) is 2. The van der Waals surface area contributed by atoms with Crippen LogP contribution in [0.4, 0.5) is 4.39 Å². The van der Waals surface area contributed by atoms with Crippen molar-refractivity contribution in [1.82, 2.24) is 5.32 Å². The highest BCUT2D eigenvalue weighted by Crippen LogP contribution is 2.14. The van der Waals surface area contributed by atoms with Gasteiger partial charge < -0.3 is 10.4 Å². The van der Waals surface area contributed by atoms with Crippen LogP contribution < -0.4 is 5.32 Å². The number of nitrogens with one attached hydrogen (secondary N) is 1. The van der Waals surface area contributed by atoms with E-state index in [1.165, 1.54) is 6.07 Å². The van der Waals surface area contributed by atoms with Gasteiger partial charge in [0.05, 0.1) is 6.61 Å². The molecular formula is C16H17ClFNO. The molecule has 0 heterocycles. The summed E-state index contributed by atoms with van der Waals surface area (Å²) in [6.45, 7) is 0.366. The van der Waals surface area contributed by atoms with Crippen LogP contribution in [0.25, 0.3) is 0 Å². The van der Waals surface area contributed by atoms with E-state index in [0.717, 1.165) is 5.56 Å². The molecule has 4 heteroatoms. The van der Waals surface area contributed by atoms with E-state index in [-0.39, 0.29) is 18.5 Å². The lowest BCUT2D eigenvalue weighted by Gasteiger charge is -2.16. The van der Waals surface area contributed by atoms with Gasteiger partial charge in [0.2, 0.25) is 0 Å². The minimum absolute atomic E-state index is 0.00407. The maximum Gasteiger partial charge on any atom is 0.129 e. The molecule has 0 aliphatic carbocycles. The van der Waals surface area contributed by atoms with Gasteiger partial charge in [0.25, 0.3) is 0 Å². The van der Waals surface area contributed by atoms with Crippen LogP contribution in [-0.2, 0) is 13.0 Å². The Morgan fingerprint density at radius 1 is 1.15 bits per heavy atom. The van der Waals surface area contributed by atoms with Crippen LogP contribution in [0.5, 0.6) is 0 Å². The fourth-order valence-electron chi connectivity index (χ4n) is 2.02. The third-order valence-electron chi connectivity index (χ3n) is 3.14. The second-order valence-electron chi connectivity index (χ2n) is 4.69. The molecule has 2 aromatic rings. The van der Waals surface area contributed by atoms with Crippen molar-refractivity contribution >= 4 is 11.6 Å². The van der Waals surface area contributed by atoms with E-state index in [4.69, 9.17) is 11.6 Å². The summed E-state index contributed by atoms with van der Waals surface area (Å²) in [6, 6.07) is 14.4. The molecule has 0 saturated heterocycles. The van der Waals surface area contributed by atoms with Crippen LogP contribution in [0.1, 0.15) is 11.1 Å². The van der Waals surface area contributed by atoms with Crippen molar-refractivity contribution in [3.63, 3.8) is 0 Å². The lowest BCUT2D eigenvalue weighted by Crippen LogP contribution is -2.34. The smallest absolute Gasteiger partial charge is 0.129 e. The molecule has 2 aromatic carbocycles. The van der Waals surface area contributed by atoms with E-state index < -0.39 is 0 Å². The molecular weight excluding hydrogens is 277 g/mol. The summed E-state index contributed by atoms with van der Waals surface area (Å²) in [6.07, 6.45) is 0.701. The number of benzene rings is 2. The van der Waals surface area contributed by atoms with Crippen molar-refractivity contribution in [1.29, 1.82) is 0 Å². The molecule has 0 radical (unpaired) electrons. The fraction of sp³-hybridized carbons (Fsp3) is 0.250. The molecule has 0 aromatic heterocycles. The van der Waals surface area contributed by atoms with Crippen LogP contribution in [0, 0.1) is 5.82 Å². The highest BCUT2D eigenvalue weighted by Gasteiger charge is 2.09. The van der Waals surface area contributed by atoms with Gasteiger partial charge in [0, 0.05) is 23.2 Å². The second kappa shape index (κ2) is 7.39. The van der Waals surface area contributed by atoms with Gasteiger partial charge >= 0.3 is 0 Å². The zero-order chi connectivity index (χ0) is 14.4. The predicted molar refractivity (Wildman–Crippen MR) is 79.3 cm³/mol. The van der Waals surface area contributed by atoms with Gasteiger partial charge in [-0.3, -0.25) is 0 Å². The lowest BCUT2D eigenvalue weighted by atomic mass is 10.1. The summed E-state index contributed by atoms with van der Waals surface area (Å²) in [5.74, 6) is -0.332. The first-order valence-corrected chi connectivity index (χ1v) is 6.89. The van der Waals surface area contributed by atoms with E-state index in [2.05, 4.69) is 5.32 Å². The van der Waals surface area contributed by atoms with Gasteiger partial charge in [-0.15, -0.1) is 0 Å². The zero-order valence-corrected chi connectivity index (χ0v) is 11.8. The number of rotatable bonds is 6. The first-order valence-electron chi connectivity index (χ1n) is 6.51. The lowest BCUT2D eigenvalue weighted by molar-refractivity contribution is 0.240. The molecule has 1 atom stereocenters. The van der Waals surface area contributed by atoms with Gasteiger partial charge in [-0.2, -0.15) is 0 Å². The van der Waals surface area contributed by atoms with Crippen LogP contribution in [-0.4, -0.2) is 17.8 Å². The molecule has 0 saturated carbocycles. The molecule has 0 aliphatic heterocycles. The van der Waals surface area contributed by atoms with Gasteiger partial charge in [0.15, 0.2) is 0 Å². The Hall–Kier alpha value is -1.42. The molecule has 0 unspecified atom stereocenters. The Labute approximate surface area is 123 Å². The maximum atomic E-state index is 13.6. The summed E-state index contributed by atoms with van der Waals surface area (Å²) in [5, 5.41) is 12.9. The van der Waals surface area contributed by atoms with Crippen molar-refractivity contribution in [2.75, 3.05) is 6.61 Å². The molecule has 2 N–H and O–H groups in total. The zero-order valence-electron chi connectivity index (χ0n) is 11.0. The monoisotopic (exact) mass is 293 g/mol. The van der Waals surface area contributed by atoms with Gasteiger partial charge in [-0.1, -0.05) is 48.0 Å². The molecule has 2 rings (SSSR count). The number of hydrogen-bond donors (Lipinski definition) is 2. The van der Waals surface area contributed by atoms with Crippen molar-refractivity contribution < 1.29 is 9.50 Å². The topological polar surface area (TPSA) is 32.3 Å². The summed E-state index contributed by atoms with van der Waals surface area (Å²) in [7, 11) is 0. The molecule has 0 aliphatic rings. The summed E-state index contributed by atoms with van der Waals surface area (Å²) in [4.78, 5) is 0. The SMILES string of the molecule is OC[C@@H](Cc1ccccc1)NCc1ccc(Cl)cc1F. The number of halogens is 2. The largest absolute Gasteiger partial charge is 0.395 e. The third-order valence-corrected chi connectivity index (χ3v) is 3.38. The number of aliphatic hydroxyl groups excluding tert-OH is 1. The summed E-state index contributed by atoms with van der Waals surface area (Å²) < 4.78 is 13.6. The van der Waals surface area contributed by atoms with Gasteiger partial charge in [0.1, 0.15) is 5.82 Å². The maximum absolute atomic E-state index is 13.6. The van der Waals surface area contributed by atoms with Crippen molar-refractivity contribution in [3.8, 4) is 0 Å². The van der Waals surface area contributed by atoms with Gasteiger partial charge in [-0.05, 0) is 24.1 Å². The Kier molecular flexibility index (Phi) is 5.53. The molecule has 20 heavy (non-hydrogen) atoms. The average Bonchev–Trinajstić information content (AvgIpc) is 2.46. The Bertz CT molecular complexity index is 547. The van der Waals surface area contributed by atoms with Crippen molar-refractivity contribution in [2.45, 2.75) is 19.0 Å². The first kappa shape index (κ1) is 15.0. The predicted octanol–water partition coefficient (Wildman–Crippen LogP) is 3.17. The van der Waals surface area contributed by atoms with Crippen LogP contribution in [0.15, 0.2) is 48.5 Å². The molecule has 0 amide bonds. The normalized spacial score (nSPS) is 12.3. The van der Waals surface area contributed by atoms with Gasteiger partial charge in [-0.25, -0.2) is 4.39 Å². The molecule has 0 spiro atoms. The highest BCUT2D eigenvalue weighted by atomic mass is 35.5. The van der Waals surface area contributed by atoms with E-state index in [0.29, 0.717) is 23.6 Å². The number of aliphatic hydroxyl groups is 1. The molecule has 106 valence electrons. The minimum Gasteiger partial charge on any atom is -0.395 e. The van der Waals surface area contributed by atoms with E-state index in [9.17, 15) is 9.50 Å². The molecule has 0 fully saturated rings. The Morgan fingerprint density at radius 2 is 1.90 bits per heavy atom. The molecule has 0 bridgehead atoms. The standard InChI is InChI=1S/C16H17ClFNO/c17-14-7-6-13(16(18)9-14)10-19-15(11-20)8-12-4-2-1-3-5-12/h1-7,9,15,19-20H,8,10-11H2/t15-/m1/s1. The quantitative estimate of drug-likeness (QED) is 0.857. The Balaban J connectivity index is 1.93.